The van der Waals surface area contributed by atoms with Gasteiger partial charge < -0.3 is 14.7 Å². The molecule has 7 rings (SSSR count). The van der Waals surface area contributed by atoms with Gasteiger partial charge in [0.05, 0.1) is 17.7 Å². The summed E-state index contributed by atoms with van der Waals surface area (Å²) in [5.74, 6) is 10.5. The number of terminal acetylenes is 1. The molecule has 2 unspecified atom stereocenters. The van der Waals surface area contributed by atoms with E-state index in [1.54, 1.807) is 30.6 Å². The van der Waals surface area contributed by atoms with Gasteiger partial charge in [-0.15, -0.1) is 6.42 Å². The predicted octanol–water partition coefficient (Wildman–Crippen LogP) is 1.60. The summed E-state index contributed by atoms with van der Waals surface area (Å²) in [7, 11) is 0. The lowest BCUT2D eigenvalue weighted by Gasteiger charge is -2.56. The van der Waals surface area contributed by atoms with Gasteiger partial charge in [-0.25, -0.2) is 9.97 Å². The Morgan fingerprint density at radius 2 is 2.00 bits per heavy atom. The highest BCUT2D eigenvalue weighted by Gasteiger charge is 2.44. The van der Waals surface area contributed by atoms with Crippen LogP contribution in [0.25, 0.3) is 16.7 Å². The molecule has 204 valence electrons. The molecule has 2 atom stereocenters. The number of nitriles is 1. The molecule has 3 saturated heterocycles. The summed E-state index contributed by atoms with van der Waals surface area (Å²) >= 11 is 0. The Balaban J connectivity index is 1.16. The minimum atomic E-state index is -0.975. The second-order valence-electron chi connectivity index (χ2n) is 11.2. The van der Waals surface area contributed by atoms with Crippen molar-refractivity contribution in [2.45, 2.75) is 38.0 Å². The fraction of sp³-hybridized carbons (Fsp3) is 0.344. The number of piperidine rings is 1. The lowest BCUT2D eigenvalue weighted by molar-refractivity contribution is -0.557. The number of hydrogen-bond acceptors (Lipinski definition) is 8. The van der Waals surface area contributed by atoms with Gasteiger partial charge in [0, 0.05) is 54.8 Å². The van der Waals surface area contributed by atoms with Gasteiger partial charge in [0.25, 0.3) is 5.35 Å². The predicted molar refractivity (Wildman–Crippen MR) is 153 cm³/mol. The van der Waals surface area contributed by atoms with E-state index in [9.17, 15) is 10.4 Å². The highest BCUT2D eigenvalue weighted by atomic mass is 16.5. The molecule has 0 aromatic carbocycles. The van der Waals surface area contributed by atoms with E-state index in [2.05, 4.69) is 43.7 Å². The Hall–Kier alpha value is -4.75. The number of aliphatic hydroxyl groups is 1. The molecule has 0 amide bonds. The molecular weight excluding hydrogens is 514 g/mol. The summed E-state index contributed by atoms with van der Waals surface area (Å²) < 4.78 is 7.55. The summed E-state index contributed by atoms with van der Waals surface area (Å²) in [6, 6.07) is 12.8. The smallest absolute Gasteiger partial charge is 0.261 e. The Morgan fingerprint density at radius 3 is 2.66 bits per heavy atom. The normalized spacial score (nSPS) is 19.1. The van der Waals surface area contributed by atoms with Crippen LogP contribution in [0, 0.1) is 35.5 Å². The number of anilines is 1. The summed E-state index contributed by atoms with van der Waals surface area (Å²) in [4.78, 5) is 13.9. The van der Waals surface area contributed by atoms with E-state index < -0.39 is 5.60 Å². The number of aromatic nitrogens is 3. The average molecular weight is 545 g/mol. The first-order valence-corrected chi connectivity index (χ1v) is 13.6. The van der Waals surface area contributed by atoms with E-state index in [0.717, 1.165) is 46.6 Å². The van der Waals surface area contributed by atoms with Crippen LogP contribution in [0.4, 0.5) is 5.82 Å². The fourth-order valence-corrected chi connectivity index (χ4v) is 5.48. The molecule has 0 radical (unpaired) electrons. The van der Waals surface area contributed by atoms with E-state index >= 15 is 0 Å². The maximum absolute atomic E-state index is 10.1. The van der Waals surface area contributed by atoms with Crippen molar-refractivity contribution in [1.29, 1.82) is 5.26 Å². The van der Waals surface area contributed by atoms with Gasteiger partial charge in [0.15, 0.2) is 5.75 Å². The first-order chi connectivity index (χ1) is 19.8. The van der Waals surface area contributed by atoms with Crippen LogP contribution >= 0.6 is 0 Å². The first-order valence-electron chi connectivity index (χ1n) is 13.6. The van der Waals surface area contributed by atoms with Crippen molar-refractivity contribution in [2.75, 3.05) is 37.7 Å². The molecule has 9 nitrogen and oxygen atoms in total. The van der Waals surface area contributed by atoms with Crippen LogP contribution in [-0.2, 0) is 0 Å². The zero-order chi connectivity index (χ0) is 28.6. The molecular formula is C32H30N7O2+. The highest BCUT2D eigenvalue weighted by molar-refractivity contribution is 5.71. The minimum Gasteiger partial charge on any atom is -0.484 e. The van der Waals surface area contributed by atoms with Crippen LogP contribution in [0.1, 0.15) is 31.5 Å². The van der Waals surface area contributed by atoms with E-state index in [0.29, 0.717) is 36.5 Å². The molecule has 3 aromatic heterocycles. The SMILES string of the molecule is C#Cc1ccc(C#CCN2C3CC2CN(c2ccc(-c4cc(OCC(C)(C)O)c[n+]5c4=C(C#N)CN=5)cn2)C3)nc1. The lowest BCUT2D eigenvalue weighted by atomic mass is 9.87. The molecule has 9 heteroatoms. The molecule has 41 heavy (non-hydrogen) atoms. The van der Waals surface area contributed by atoms with Crippen molar-refractivity contribution in [2.24, 2.45) is 5.11 Å². The molecule has 0 aliphatic carbocycles. The summed E-state index contributed by atoms with van der Waals surface area (Å²) in [5.41, 5.74) is 2.80. The van der Waals surface area contributed by atoms with Gasteiger partial charge in [0.2, 0.25) is 6.20 Å². The maximum Gasteiger partial charge on any atom is 0.261 e. The molecule has 0 spiro atoms. The van der Waals surface area contributed by atoms with Gasteiger partial charge >= 0.3 is 0 Å². The van der Waals surface area contributed by atoms with Crippen LogP contribution in [-0.4, -0.2) is 70.4 Å². The Morgan fingerprint density at radius 1 is 1.17 bits per heavy atom. The van der Waals surface area contributed by atoms with Gasteiger partial charge in [-0.3, -0.25) is 4.90 Å². The molecule has 0 saturated carbocycles. The fourth-order valence-electron chi connectivity index (χ4n) is 5.48. The molecule has 7 heterocycles. The van der Waals surface area contributed by atoms with Gasteiger partial charge in [-0.1, -0.05) is 16.2 Å². The number of rotatable bonds is 6. The number of hydrogen-bond donors (Lipinski definition) is 1. The van der Waals surface area contributed by atoms with Crippen molar-refractivity contribution >= 4 is 11.4 Å². The van der Waals surface area contributed by atoms with Crippen molar-refractivity contribution in [3.05, 3.63) is 65.5 Å². The molecule has 4 aliphatic heterocycles. The Kier molecular flexibility index (Phi) is 6.89. The van der Waals surface area contributed by atoms with Crippen molar-refractivity contribution in [3.63, 3.8) is 0 Å². The van der Waals surface area contributed by atoms with Gasteiger partial charge in [0.1, 0.15) is 36.3 Å². The minimum absolute atomic E-state index is 0.133. The maximum atomic E-state index is 10.1. The third kappa shape index (κ3) is 5.49. The van der Waals surface area contributed by atoms with Crippen LogP contribution < -0.4 is 19.4 Å². The van der Waals surface area contributed by atoms with E-state index in [1.807, 2.05) is 36.5 Å². The quantitative estimate of drug-likeness (QED) is 0.371. The largest absolute Gasteiger partial charge is 0.484 e. The van der Waals surface area contributed by atoms with E-state index in [4.69, 9.17) is 16.1 Å². The van der Waals surface area contributed by atoms with Gasteiger partial charge in [-0.2, -0.15) is 5.26 Å². The monoisotopic (exact) mass is 544 g/mol. The van der Waals surface area contributed by atoms with Crippen molar-refractivity contribution < 1.29 is 14.2 Å². The van der Waals surface area contributed by atoms with Crippen LogP contribution in [0.2, 0.25) is 0 Å². The third-order valence-electron chi connectivity index (χ3n) is 7.55. The Bertz CT molecular complexity index is 1740. The van der Waals surface area contributed by atoms with Crippen molar-refractivity contribution in [1.82, 2.24) is 14.9 Å². The van der Waals surface area contributed by atoms with Crippen LogP contribution in [0.5, 0.6) is 5.75 Å². The number of nitrogens with zero attached hydrogens (tertiary/aromatic N) is 7. The molecule has 3 aromatic rings. The Labute approximate surface area is 239 Å². The standard InChI is InChI=1S/C32H30N7O2/c1-4-22-7-9-25(34-15-22)6-5-11-38-26-12-27(38)19-37(18-26)30-10-8-23(16-35-30)29-13-28(41-21-32(2,3)40)20-39-31(29)24(14-33)17-36-39/h1,7-10,13,15-16,20,26-27,40H,11-12,17-19,21H2,2-3H3/q+1. The topological polar surface area (TPSA) is 104 Å². The first kappa shape index (κ1) is 26.5. The number of ether oxygens (including phenoxy) is 1. The summed E-state index contributed by atoms with van der Waals surface area (Å²) in [6.45, 7) is 6.35. The number of fused-ring (bicyclic) bond motifs is 3. The second-order valence-corrected chi connectivity index (χ2v) is 11.2. The van der Waals surface area contributed by atoms with Crippen LogP contribution in [0.15, 0.2) is 54.0 Å². The molecule has 3 fully saturated rings. The van der Waals surface area contributed by atoms with E-state index in [1.165, 1.54) is 6.42 Å². The molecule has 4 aliphatic rings. The second kappa shape index (κ2) is 10.7. The molecule has 1 N–H and O–H groups in total. The average Bonchev–Trinajstić information content (AvgIpc) is 3.41. The zero-order valence-electron chi connectivity index (χ0n) is 23.1. The lowest BCUT2D eigenvalue weighted by Crippen LogP contribution is -2.68. The highest BCUT2D eigenvalue weighted by Crippen LogP contribution is 2.34. The van der Waals surface area contributed by atoms with E-state index in [-0.39, 0.29) is 6.61 Å². The van der Waals surface area contributed by atoms with Crippen LogP contribution in [0.3, 0.4) is 0 Å². The summed E-state index contributed by atoms with van der Waals surface area (Å²) in [6.07, 6.45) is 11.8. The number of piperazine rings is 1. The summed E-state index contributed by atoms with van der Waals surface area (Å²) in [5, 5.41) is 25.0. The number of pyridine rings is 3. The zero-order valence-corrected chi connectivity index (χ0v) is 23.1. The molecule has 2 bridgehead atoms. The third-order valence-corrected chi connectivity index (χ3v) is 7.55. The van der Waals surface area contributed by atoms with Gasteiger partial charge in [-0.05, 0) is 55.6 Å². The van der Waals surface area contributed by atoms with Crippen molar-refractivity contribution in [3.8, 4) is 47.1 Å².